The average molecular weight is 337 g/mol. The molecule has 1 amide bonds. The zero-order valence-electron chi connectivity index (χ0n) is 13.7. The van der Waals surface area contributed by atoms with Crippen LogP contribution in [0.3, 0.4) is 0 Å². The SMILES string of the molecule is CNC(=O)C(c1ccccc1)(c1ccc(F)cc1)c1ccc(F)cc1. The lowest BCUT2D eigenvalue weighted by molar-refractivity contribution is -0.123. The molecular weight excluding hydrogens is 320 g/mol. The van der Waals surface area contributed by atoms with Crippen molar-refractivity contribution in [1.29, 1.82) is 0 Å². The highest BCUT2D eigenvalue weighted by Gasteiger charge is 2.43. The lowest BCUT2D eigenvalue weighted by atomic mass is 9.68. The average Bonchev–Trinajstić information content (AvgIpc) is 2.65. The molecule has 126 valence electrons. The molecule has 0 bridgehead atoms. The molecule has 3 aromatic rings. The first-order chi connectivity index (χ1) is 12.1. The molecule has 1 N–H and O–H groups in total. The zero-order valence-corrected chi connectivity index (χ0v) is 13.7. The summed E-state index contributed by atoms with van der Waals surface area (Å²) in [7, 11) is 1.55. The lowest BCUT2D eigenvalue weighted by Crippen LogP contribution is -2.45. The van der Waals surface area contributed by atoms with E-state index in [-0.39, 0.29) is 17.5 Å². The molecule has 0 unspecified atom stereocenters. The Hall–Kier alpha value is -3.01. The molecule has 0 saturated carbocycles. The number of hydrogen-bond donors (Lipinski definition) is 1. The Morgan fingerprint density at radius 2 is 1.12 bits per heavy atom. The van der Waals surface area contributed by atoms with Crippen molar-refractivity contribution in [3.63, 3.8) is 0 Å². The van der Waals surface area contributed by atoms with Gasteiger partial charge in [0.05, 0.1) is 0 Å². The van der Waals surface area contributed by atoms with E-state index in [0.717, 1.165) is 0 Å². The third-order valence-corrected chi connectivity index (χ3v) is 4.33. The molecule has 3 aromatic carbocycles. The van der Waals surface area contributed by atoms with Gasteiger partial charge in [-0.3, -0.25) is 4.79 Å². The molecule has 3 rings (SSSR count). The Balaban J connectivity index is 2.37. The van der Waals surface area contributed by atoms with Gasteiger partial charge in [-0.2, -0.15) is 0 Å². The Morgan fingerprint density at radius 3 is 1.52 bits per heavy atom. The number of likely N-dealkylation sites (N-methyl/N-ethyl adjacent to an activating group) is 1. The summed E-state index contributed by atoms with van der Waals surface area (Å²) in [4.78, 5) is 13.1. The first-order valence-electron chi connectivity index (χ1n) is 7.89. The Bertz CT molecular complexity index is 813. The normalized spacial score (nSPS) is 11.2. The van der Waals surface area contributed by atoms with E-state index in [1.165, 1.54) is 24.3 Å². The van der Waals surface area contributed by atoms with Crippen molar-refractivity contribution in [1.82, 2.24) is 5.32 Å². The summed E-state index contributed by atoms with van der Waals surface area (Å²) >= 11 is 0. The quantitative estimate of drug-likeness (QED) is 0.715. The number of halogens is 2. The highest BCUT2D eigenvalue weighted by Crippen LogP contribution is 2.39. The van der Waals surface area contributed by atoms with Gasteiger partial charge in [-0.25, -0.2) is 8.78 Å². The molecule has 0 fully saturated rings. The smallest absolute Gasteiger partial charge is 0.239 e. The number of nitrogens with one attached hydrogen (secondary N) is 1. The van der Waals surface area contributed by atoms with Crippen LogP contribution in [-0.2, 0) is 10.2 Å². The van der Waals surface area contributed by atoms with E-state index < -0.39 is 5.41 Å². The first-order valence-corrected chi connectivity index (χ1v) is 7.89. The monoisotopic (exact) mass is 337 g/mol. The number of amides is 1. The maximum atomic E-state index is 13.5. The summed E-state index contributed by atoms with van der Waals surface area (Å²) in [5, 5.41) is 2.70. The molecule has 0 aliphatic carbocycles. The number of carbonyl (C=O) groups is 1. The van der Waals surface area contributed by atoms with Gasteiger partial charge in [-0.1, -0.05) is 54.6 Å². The Morgan fingerprint density at radius 1 is 0.720 bits per heavy atom. The molecule has 0 aliphatic rings. The minimum absolute atomic E-state index is 0.281. The second-order valence-electron chi connectivity index (χ2n) is 5.71. The van der Waals surface area contributed by atoms with Crippen LogP contribution in [0.4, 0.5) is 8.78 Å². The van der Waals surface area contributed by atoms with E-state index >= 15 is 0 Å². The van der Waals surface area contributed by atoms with E-state index in [0.29, 0.717) is 16.7 Å². The summed E-state index contributed by atoms with van der Waals surface area (Å²) in [6.45, 7) is 0. The summed E-state index contributed by atoms with van der Waals surface area (Å²) in [6.07, 6.45) is 0. The van der Waals surface area contributed by atoms with Crippen molar-refractivity contribution in [3.8, 4) is 0 Å². The predicted molar refractivity (Wildman–Crippen MR) is 93.2 cm³/mol. The van der Waals surface area contributed by atoms with Crippen molar-refractivity contribution in [2.45, 2.75) is 5.41 Å². The molecule has 0 saturated heterocycles. The molecule has 2 nitrogen and oxygen atoms in total. The van der Waals surface area contributed by atoms with Crippen molar-refractivity contribution in [2.24, 2.45) is 0 Å². The van der Waals surface area contributed by atoms with E-state index in [2.05, 4.69) is 5.32 Å². The highest BCUT2D eigenvalue weighted by molar-refractivity contribution is 5.96. The fourth-order valence-electron chi connectivity index (χ4n) is 3.17. The van der Waals surface area contributed by atoms with Crippen LogP contribution >= 0.6 is 0 Å². The van der Waals surface area contributed by atoms with E-state index in [1.54, 1.807) is 31.3 Å². The molecule has 4 heteroatoms. The third-order valence-electron chi connectivity index (χ3n) is 4.33. The molecule has 0 atom stereocenters. The van der Waals surface area contributed by atoms with Crippen LogP contribution in [0, 0.1) is 11.6 Å². The van der Waals surface area contributed by atoms with Crippen molar-refractivity contribution < 1.29 is 13.6 Å². The largest absolute Gasteiger partial charge is 0.358 e. The standard InChI is InChI=1S/C21H17F2NO/c1-24-20(25)21(15-5-3-2-4-6-15,16-7-11-18(22)12-8-16)17-9-13-19(23)14-10-17/h2-14H,1H3,(H,24,25). The molecule has 25 heavy (non-hydrogen) atoms. The van der Waals surface area contributed by atoms with Gasteiger partial charge in [-0.15, -0.1) is 0 Å². The van der Waals surface area contributed by atoms with Crippen LogP contribution < -0.4 is 5.32 Å². The molecule has 0 radical (unpaired) electrons. The van der Waals surface area contributed by atoms with Gasteiger partial charge in [0.25, 0.3) is 0 Å². The second-order valence-corrected chi connectivity index (χ2v) is 5.71. The van der Waals surface area contributed by atoms with E-state index in [4.69, 9.17) is 0 Å². The zero-order chi connectivity index (χ0) is 17.9. The first kappa shape index (κ1) is 16.8. The van der Waals surface area contributed by atoms with Crippen LogP contribution in [-0.4, -0.2) is 13.0 Å². The fourth-order valence-corrected chi connectivity index (χ4v) is 3.17. The molecule has 0 spiro atoms. The topological polar surface area (TPSA) is 29.1 Å². The van der Waals surface area contributed by atoms with E-state index in [1.807, 2.05) is 30.3 Å². The maximum Gasteiger partial charge on any atom is 0.239 e. The minimum atomic E-state index is -1.21. The van der Waals surface area contributed by atoms with Gasteiger partial charge < -0.3 is 5.32 Å². The van der Waals surface area contributed by atoms with Gasteiger partial charge in [0.1, 0.15) is 17.0 Å². The summed E-state index contributed by atoms with van der Waals surface area (Å²) < 4.78 is 26.9. The highest BCUT2D eigenvalue weighted by atomic mass is 19.1. The van der Waals surface area contributed by atoms with Gasteiger partial charge in [0.2, 0.25) is 5.91 Å². The van der Waals surface area contributed by atoms with Crippen LogP contribution in [0.15, 0.2) is 78.9 Å². The molecule has 0 aliphatic heterocycles. The number of hydrogen-bond acceptors (Lipinski definition) is 1. The Labute approximate surface area is 145 Å². The summed E-state index contributed by atoms with van der Waals surface area (Å²) in [6, 6.07) is 20.8. The number of benzene rings is 3. The summed E-state index contributed by atoms with van der Waals surface area (Å²) in [5.74, 6) is -1.06. The van der Waals surface area contributed by atoms with Crippen LogP contribution in [0.1, 0.15) is 16.7 Å². The number of rotatable bonds is 4. The summed E-state index contributed by atoms with van der Waals surface area (Å²) in [5.41, 5.74) is 0.710. The van der Waals surface area contributed by atoms with Crippen LogP contribution in [0.2, 0.25) is 0 Å². The van der Waals surface area contributed by atoms with Gasteiger partial charge in [0, 0.05) is 7.05 Å². The van der Waals surface area contributed by atoms with Gasteiger partial charge in [-0.05, 0) is 41.0 Å². The number of carbonyl (C=O) groups excluding carboxylic acids is 1. The minimum Gasteiger partial charge on any atom is -0.358 e. The third kappa shape index (κ3) is 2.91. The lowest BCUT2D eigenvalue weighted by Gasteiger charge is -2.34. The van der Waals surface area contributed by atoms with E-state index in [9.17, 15) is 13.6 Å². The van der Waals surface area contributed by atoms with Crippen LogP contribution in [0.5, 0.6) is 0 Å². The van der Waals surface area contributed by atoms with Crippen LogP contribution in [0.25, 0.3) is 0 Å². The van der Waals surface area contributed by atoms with Gasteiger partial charge >= 0.3 is 0 Å². The van der Waals surface area contributed by atoms with Crippen molar-refractivity contribution in [2.75, 3.05) is 7.05 Å². The second kappa shape index (κ2) is 6.85. The molecule has 0 aromatic heterocycles. The van der Waals surface area contributed by atoms with Crippen molar-refractivity contribution >= 4 is 5.91 Å². The fraction of sp³-hybridized carbons (Fsp3) is 0.0952. The maximum absolute atomic E-state index is 13.5. The Kier molecular flexibility index (Phi) is 4.61. The molecular formula is C21H17F2NO. The van der Waals surface area contributed by atoms with Gasteiger partial charge in [0.15, 0.2) is 0 Å². The predicted octanol–water partition coefficient (Wildman–Crippen LogP) is 4.05. The van der Waals surface area contributed by atoms with Crippen molar-refractivity contribution in [3.05, 3.63) is 107 Å². The molecule has 0 heterocycles.